The smallest absolute Gasteiger partial charge is 0.0719 e. The third-order valence-electron chi connectivity index (χ3n) is 2.14. The van der Waals surface area contributed by atoms with Crippen molar-refractivity contribution in [3.63, 3.8) is 0 Å². The number of ether oxygens (including phenoxy) is 1. The van der Waals surface area contributed by atoms with E-state index < -0.39 is 0 Å². The highest BCUT2D eigenvalue weighted by Crippen LogP contribution is 2.17. The molecule has 0 spiro atoms. The van der Waals surface area contributed by atoms with Gasteiger partial charge >= 0.3 is 0 Å². The van der Waals surface area contributed by atoms with Gasteiger partial charge in [0.05, 0.1) is 13.2 Å². The van der Waals surface area contributed by atoms with Gasteiger partial charge in [-0.1, -0.05) is 37.6 Å². The fraction of sp³-hybridized carbons (Fsp3) is 0.538. The standard InChI is InChI=1S/C10H12O.C2H6.CH5N/c1-8-2-3-9-4-5-11-7-10(9)6-8;2*1-2/h2-3,6H,4-5,7H2,1H3;1-2H3;2H2,1H3. The molecule has 2 N–H and O–H groups in total. The molecule has 86 valence electrons. The molecule has 1 heterocycles. The largest absolute Gasteiger partial charge is 0.376 e. The van der Waals surface area contributed by atoms with Crippen molar-refractivity contribution in [3.05, 3.63) is 34.9 Å². The molecule has 2 heteroatoms. The lowest BCUT2D eigenvalue weighted by atomic mass is 10.0. The van der Waals surface area contributed by atoms with Crippen LogP contribution >= 0.6 is 0 Å². The van der Waals surface area contributed by atoms with E-state index in [4.69, 9.17) is 4.74 Å². The van der Waals surface area contributed by atoms with Crippen molar-refractivity contribution in [1.29, 1.82) is 0 Å². The van der Waals surface area contributed by atoms with Gasteiger partial charge in [0.2, 0.25) is 0 Å². The zero-order valence-corrected chi connectivity index (χ0v) is 10.3. The lowest BCUT2D eigenvalue weighted by Crippen LogP contribution is -2.09. The SMILES string of the molecule is CC.CN.Cc1ccc2c(c1)COCC2. The zero-order valence-electron chi connectivity index (χ0n) is 10.3. The Morgan fingerprint density at radius 3 is 2.47 bits per heavy atom. The van der Waals surface area contributed by atoms with Gasteiger partial charge < -0.3 is 10.5 Å². The minimum Gasteiger partial charge on any atom is -0.376 e. The Morgan fingerprint density at radius 2 is 1.80 bits per heavy atom. The first-order chi connectivity index (χ1) is 7.36. The van der Waals surface area contributed by atoms with Crippen LogP contribution in [0, 0.1) is 6.92 Å². The molecule has 0 amide bonds. The Hall–Kier alpha value is -0.860. The van der Waals surface area contributed by atoms with Crippen molar-refractivity contribution >= 4 is 0 Å². The van der Waals surface area contributed by atoms with Crippen molar-refractivity contribution in [2.24, 2.45) is 5.73 Å². The predicted octanol–water partition coefficient (Wildman–Crippen LogP) is 2.67. The predicted molar refractivity (Wildman–Crippen MR) is 66.0 cm³/mol. The first kappa shape index (κ1) is 14.1. The summed E-state index contributed by atoms with van der Waals surface area (Å²) in [6.45, 7) is 7.81. The number of fused-ring (bicyclic) bond motifs is 1. The van der Waals surface area contributed by atoms with Crippen LogP contribution in [0.5, 0.6) is 0 Å². The monoisotopic (exact) mass is 209 g/mol. The number of benzene rings is 1. The summed E-state index contributed by atoms with van der Waals surface area (Å²) in [4.78, 5) is 0. The normalized spacial score (nSPS) is 12.6. The summed E-state index contributed by atoms with van der Waals surface area (Å²) in [7, 11) is 1.50. The minimum absolute atomic E-state index is 0.803. The third kappa shape index (κ3) is 4.45. The lowest BCUT2D eigenvalue weighted by molar-refractivity contribution is 0.110. The summed E-state index contributed by atoms with van der Waals surface area (Å²) in [6.07, 6.45) is 1.08. The van der Waals surface area contributed by atoms with Gasteiger partial charge in [-0.3, -0.25) is 0 Å². The van der Waals surface area contributed by atoms with Crippen LogP contribution in [0.25, 0.3) is 0 Å². The van der Waals surface area contributed by atoms with Crippen LogP contribution in [0.4, 0.5) is 0 Å². The molecule has 0 aliphatic carbocycles. The summed E-state index contributed by atoms with van der Waals surface area (Å²) < 4.78 is 5.35. The van der Waals surface area contributed by atoms with E-state index in [-0.39, 0.29) is 0 Å². The first-order valence-corrected chi connectivity index (χ1v) is 5.60. The van der Waals surface area contributed by atoms with Crippen molar-refractivity contribution < 1.29 is 4.74 Å². The van der Waals surface area contributed by atoms with Gasteiger partial charge in [-0.05, 0) is 31.5 Å². The molecule has 2 rings (SSSR count). The second-order valence-electron chi connectivity index (χ2n) is 3.07. The van der Waals surface area contributed by atoms with E-state index in [1.54, 1.807) is 0 Å². The Labute approximate surface area is 93.4 Å². The molecular weight excluding hydrogens is 186 g/mol. The Bertz CT molecular complexity index is 271. The van der Waals surface area contributed by atoms with E-state index >= 15 is 0 Å². The summed E-state index contributed by atoms with van der Waals surface area (Å²) in [5, 5.41) is 0. The molecule has 0 atom stereocenters. The quantitative estimate of drug-likeness (QED) is 0.713. The number of hydrogen-bond donors (Lipinski definition) is 1. The average molecular weight is 209 g/mol. The minimum atomic E-state index is 0.803. The summed E-state index contributed by atoms with van der Waals surface area (Å²) >= 11 is 0. The lowest BCUT2D eigenvalue weighted by Gasteiger charge is -2.16. The van der Waals surface area contributed by atoms with Gasteiger partial charge in [-0.15, -0.1) is 0 Å². The molecule has 0 radical (unpaired) electrons. The molecule has 0 aromatic heterocycles. The Balaban J connectivity index is 0.000000442. The second kappa shape index (κ2) is 8.45. The van der Waals surface area contributed by atoms with Crippen molar-refractivity contribution in [3.8, 4) is 0 Å². The topological polar surface area (TPSA) is 35.2 Å². The van der Waals surface area contributed by atoms with Gasteiger partial charge in [0.1, 0.15) is 0 Å². The van der Waals surface area contributed by atoms with E-state index in [1.165, 1.54) is 23.7 Å². The molecule has 0 bridgehead atoms. The van der Waals surface area contributed by atoms with E-state index in [1.807, 2.05) is 13.8 Å². The maximum Gasteiger partial charge on any atom is 0.0719 e. The van der Waals surface area contributed by atoms with Crippen molar-refractivity contribution in [2.75, 3.05) is 13.7 Å². The van der Waals surface area contributed by atoms with Crippen LogP contribution in [0.1, 0.15) is 30.5 Å². The van der Waals surface area contributed by atoms with E-state index in [0.29, 0.717) is 0 Å². The second-order valence-corrected chi connectivity index (χ2v) is 3.07. The van der Waals surface area contributed by atoms with Gasteiger partial charge in [-0.25, -0.2) is 0 Å². The van der Waals surface area contributed by atoms with Crippen LogP contribution < -0.4 is 5.73 Å². The van der Waals surface area contributed by atoms with Crippen LogP contribution in [0.3, 0.4) is 0 Å². The fourth-order valence-electron chi connectivity index (χ4n) is 1.50. The third-order valence-corrected chi connectivity index (χ3v) is 2.14. The van der Waals surface area contributed by atoms with Crippen LogP contribution in [-0.2, 0) is 17.8 Å². The van der Waals surface area contributed by atoms with Gasteiger partial charge in [0.15, 0.2) is 0 Å². The maximum absolute atomic E-state index is 5.35. The highest BCUT2D eigenvalue weighted by molar-refractivity contribution is 5.32. The fourth-order valence-corrected chi connectivity index (χ4v) is 1.50. The molecule has 1 aromatic rings. The van der Waals surface area contributed by atoms with Gasteiger partial charge in [-0.2, -0.15) is 0 Å². The highest BCUT2D eigenvalue weighted by Gasteiger charge is 2.07. The summed E-state index contributed by atoms with van der Waals surface area (Å²) in [5.74, 6) is 0. The van der Waals surface area contributed by atoms with E-state index in [2.05, 4.69) is 30.9 Å². The molecule has 0 unspecified atom stereocenters. The highest BCUT2D eigenvalue weighted by atomic mass is 16.5. The van der Waals surface area contributed by atoms with Crippen molar-refractivity contribution in [1.82, 2.24) is 0 Å². The molecule has 0 saturated heterocycles. The number of nitrogens with two attached hydrogens (primary N) is 1. The molecule has 0 saturated carbocycles. The number of aryl methyl sites for hydroxylation is 1. The Kier molecular flexibility index (Phi) is 7.96. The first-order valence-electron chi connectivity index (χ1n) is 5.60. The van der Waals surface area contributed by atoms with E-state index in [9.17, 15) is 0 Å². The molecular formula is C13H23NO. The van der Waals surface area contributed by atoms with Crippen molar-refractivity contribution in [2.45, 2.75) is 33.8 Å². The molecule has 0 fully saturated rings. The summed E-state index contributed by atoms with van der Waals surface area (Å²) in [5.41, 5.74) is 8.66. The van der Waals surface area contributed by atoms with E-state index in [0.717, 1.165) is 19.6 Å². The molecule has 2 nitrogen and oxygen atoms in total. The van der Waals surface area contributed by atoms with Gasteiger partial charge in [0, 0.05) is 0 Å². The molecule has 1 aliphatic heterocycles. The summed E-state index contributed by atoms with van der Waals surface area (Å²) in [6, 6.07) is 6.60. The maximum atomic E-state index is 5.35. The van der Waals surface area contributed by atoms with Crippen LogP contribution in [0.15, 0.2) is 18.2 Å². The Morgan fingerprint density at radius 1 is 1.13 bits per heavy atom. The molecule has 1 aliphatic rings. The number of rotatable bonds is 0. The number of hydrogen-bond acceptors (Lipinski definition) is 2. The van der Waals surface area contributed by atoms with Crippen LogP contribution in [0.2, 0.25) is 0 Å². The molecule has 15 heavy (non-hydrogen) atoms. The average Bonchev–Trinajstić information content (AvgIpc) is 2.34. The molecule has 1 aromatic carbocycles. The zero-order chi connectivity index (χ0) is 11.7. The van der Waals surface area contributed by atoms with Gasteiger partial charge in [0.25, 0.3) is 0 Å². The van der Waals surface area contributed by atoms with Crippen LogP contribution in [-0.4, -0.2) is 13.7 Å².